The summed E-state index contributed by atoms with van der Waals surface area (Å²) in [5, 5.41) is 5.88. The molecule has 0 fully saturated rings. The Labute approximate surface area is 188 Å². The smallest absolute Gasteiger partial charge is 0.322 e. The Hall–Kier alpha value is -2.90. The molecule has 0 saturated heterocycles. The summed E-state index contributed by atoms with van der Waals surface area (Å²) in [4.78, 5) is 21.4. The van der Waals surface area contributed by atoms with Crippen LogP contribution in [0.4, 0.5) is 10.5 Å². The van der Waals surface area contributed by atoms with Crippen molar-refractivity contribution in [1.29, 1.82) is 0 Å². The molecule has 0 aliphatic heterocycles. The summed E-state index contributed by atoms with van der Waals surface area (Å²) in [6.07, 6.45) is 0. The minimum Gasteiger partial charge on any atom is -0.486 e. The van der Waals surface area contributed by atoms with Gasteiger partial charge in [-0.2, -0.15) is 0 Å². The third-order valence-electron chi connectivity index (χ3n) is 4.71. The maximum absolute atomic E-state index is 12.9. The molecule has 6 nitrogen and oxygen atoms in total. The van der Waals surface area contributed by atoms with E-state index in [1.807, 2.05) is 81.9 Å². The fraction of sp³-hybridized carbons (Fsp3) is 0.333. The Kier molecular flexibility index (Phi) is 8.03. The summed E-state index contributed by atoms with van der Waals surface area (Å²) in [5.74, 6) is 0.835. The Morgan fingerprint density at radius 2 is 1.84 bits per heavy atom. The van der Waals surface area contributed by atoms with Gasteiger partial charge in [0.2, 0.25) is 0 Å². The topological polar surface area (TPSA) is 57.7 Å². The average molecular weight is 439 g/mol. The molecule has 164 valence electrons. The van der Waals surface area contributed by atoms with E-state index >= 15 is 0 Å². The van der Waals surface area contributed by atoms with Crippen molar-refractivity contribution in [2.24, 2.45) is 0 Å². The SMILES string of the molecule is Cc1ccc(NC(=O)N(CCN(C)C)Cc2csc(COc3cccc(C)c3)n2)cc1. The molecule has 0 spiro atoms. The molecular formula is C24H30N4O2S. The fourth-order valence-electron chi connectivity index (χ4n) is 2.95. The van der Waals surface area contributed by atoms with Crippen LogP contribution in [0.3, 0.4) is 0 Å². The van der Waals surface area contributed by atoms with Gasteiger partial charge in [0.15, 0.2) is 0 Å². The number of aromatic nitrogens is 1. The molecule has 0 aliphatic rings. The summed E-state index contributed by atoms with van der Waals surface area (Å²) in [6, 6.07) is 15.7. The van der Waals surface area contributed by atoms with E-state index in [1.54, 1.807) is 16.2 Å². The highest BCUT2D eigenvalue weighted by Gasteiger charge is 2.16. The highest BCUT2D eigenvalue weighted by atomic mass is 32.1. The van der Waals surface area contributed by atoms with Gasteiger partial charge in [-0.3, -0.25) is 0 Å². The number of hydrogen-bond acceptors (Lipinski definition) is 5. The van der Waals surface area contributed by atoms with Crippen LogP contribution in [0.5, 0.6) is 5.75 Å². The first-order valence-corrected chi connectivity index (χ1v) is 11.2. The standard InChI is InChI=1S/C24H30N4O2S/c1-18-8-10-20(11-9-18)26-24(29)28(13-12-27(3)4)15-21-17-31-23(25-21)16-30-22-7-5-6-19(2)14-22/h5-11,14,17H,12-13,15-16H2,1-4H3,(H,26,29). The number of rotatable bonds is 9. The number of nitrogens with zero attached hydrogens (tertiary/aromatic N) is 3. The average Bonchev–Trinajstić information content (AvgIpc) is 3.18. The van der Waals surface area contributed by atoms with Crippen molar-refractivity contribution < 1.29 is 9.53 Å². The lowest BCUT2D eigenvalue weighted by Gasteiger charge is -2.24. The van der Waals surface area contributed by atoms with Crippen LogP contribution in [-0.2, 0) is 13.2 Å². The second kappa shape index (κ2) is 10.9. The number of hydrogen-bond donors (Lipinski definition) is 1. The van der Waals surface area contributed by atoms with Gasteiger partial charge >= 0.3 is 6.03 Å². The van der Waals surface area contributed by atoms with Crippen LogP contribution in [-0.4, -0.2) is 48.0 Å². The zero-order chi connectivity index (χ0) is 22.2. The van der Waals surface area contributed by atoms with E-state index in [0.717, 1.165) is 39.8 Å². The molecular weight excluding hydrogens is 408 g/mol. The highest BCUT2D eigenvalue weighted by molar-refractivity contribution is 7.09. The van der Waals surface area contributed by atoms with Gasteiger partial charge in [-0.1, -0.05) is 29.8 Å². The molecule has 1 aromatic heterocycles. The van der Waals surface area contributed by atoms with E-state index in [2.05, 4.69) is 15.2 Å². The number of thiazole rings is 1. The van der Waals surface area contributed by atoms with Crippen molar-refractivity contribution in [3.8, 4) is 5.75 Å². The van der Waals surface area contributed by atoms with Gasteiger partial charge in [-0.15, -0.1) is 11.3 Å². The van der Waals surface area contributed by atoms with E-state index in [-0.39, 0.29) is 6.03 Å². The number of anilines is 1. The van der Waals surface area contributed by atoms with Gasteiger partial charge in [0, 0.05) is 24.2 Å². The molecule has 1 heterocycles. The molecule has 0 bridgehead atoms. The second-order valence-corrected chi connectivity index (χ2v) is 8.80. The molecule has 0 atom stereocenters. The molecule has 0 radical (unpaired) electrons. The third kappa shape index (κ3) is 7.38. The van der Waals surface area contributed by atoms with Crippen molar-refractivity contribution in [2.45, 2.75) is 27.0 Å². The largest absolute Gasteiger partial charge is 0.486 e. The second-order valence-electron chi connectivity index (χ2n) is 7.86. The predicted molar refractivity (Wildman–Crippen MR) is 127 cm³/mol. The van der Waals surface area contributed by atoms with Crippen LogP contribution in [0.1, 0.15) is 21.8 Å². The number of carbonyl (C=O) groups is 1. The molecule has 0 saturated carbocycles. The summed E-state index contributed by atoms with van der Waals surface area (Å²) < 4.78 is 5.85. The zero-order valence-electron chi connectivity index (χ0n) is 18.6. The lowest BCUT2D eigenvalue weighted by atomic mass is 10.2. The van der Waals surface area contributed by atoms with Crippen LogP contribution < -0.4 is 10.1 Å². The van der Waals surface area contributed by atoms with Gasteiger partial charge in [0.1, 0.15) is 17.4 Å². The number of ether oxygens (including phenoxy) is 1. The summed E-state index contributed by atoms with van der Waals surface area (Å²) >= 11 is 1.55. The van der Waals surface area contributed by atoms with E-state index < -0.39 is 0 Å². The molecule has 1 N–H and O–H groups in total. The first-order valence-electron chi connectivity index (χ1n) is 10.3. The summed E-state index contributed by atoms with van der Waals surface area (Å²) in [6.45, 7) is 6.32. The Balaban J connectivity index is 1.62. The van der Waals surface area contributed by atoms with Crippen LogP contribution in [0.2, 0.25) is 0 Å². The Morgan fingerprint density at radius 3 is 2.55 bits per heavy atom. The van der Waals surface area contributed by atoms with Gasteiger partial charge in [0.25, 0.3) is 0 Å². The monoisotopic (exact) mass is 438 g/mol. The summed E-state index contributed by atoms with van der Waals surface area (Å²) in [7, 11) is 4.00. The van der Waals surface area contributed by atoms with Gasteiger partial charge in [-0.25, -0.2) is 9.78 Å². The van der Waals surface area contributed by atoms with Gasteiger partial charge in [0.05, 0.1) is 12.2 Å². The van der Waals surface area contributed by atoms with Crippen LogP contribution in [0.25, 0.3) is 0 Å². The predicted octanol–water partition coefficient (Wildman–Crippen LogP) is 4.93. The number of nitrogens with one attached hydrogen (secondary N) is 1. The van der Waals surface area contributed by atoms with E-state index in [0.29, 0.717) is 19.7 Å². The molecule has 3 aromatic rings. The Bertz CT molecular complexity index is 985. The first kappa shape index (κ1) is 22.8. The number of aryl methyl sites for hydroxylation is 2. The van der Waals surface area contributed by atoms with Crippen molar-refractivity contribution in [3.63, 3.8) is 0 Å². The first-order chi connectivity index (χ1) is 14.9. The number of likely N-dealkylation sites (N-methyl/N-ethyl adjacent to an activating group) is 1. The molecule has 31 heavy (non-hydrogen) atoms. The third-order valence-corrected chi connectivity index (χ3v) is 5.58. The molecule has 0 aliphatic carbocycles. The molecule has 7 heteroatoms. The molecule has 3 rings (SSSR count). The fourth-order valence-corrected chi connectivity index (χ4v) is 3.64. The maximum atomic E-state index is 12.9. The minimum atomic E-state index is -0.128. The summed E-state index contributed by atoms with van der Waals surface area (Å²) in [5.41, 5.74) is 3.97. The van der Waals surface area contributed by atoms with Crippen LogP contribution in [0.15, 0.2) is 53.9 Å². The van der Waals surface area contributed by atoms with Crippen LogP contribution in [0, 0.1) is 13.8 Å². The highest BCUT2D eigenvalue weighted by Crippen LogP contribution is 2.18. The van der Waals surface area contributed by atoms with Gasteiger partial charge < -0.3 is 19.9 Å². The normalized spacial score (nSPS) is 10.9. The lowest BCUT2D eigenvalue weighted by molar-refractivity contribution is 0.201. The van der Waals surface area contributed by atoms with Gasteiger partial charge in [-0.05, 0) is 57.8 Å². The van der Waals surface area contributed by atoms with Crippen LogP contribution >= 0.6 is 11.3 Å². The minimum absolute atomic E-state index is 0.128. The maximum Gasteiger partial charge on any atom is 0.322 e. The number of benzene rings is 2. The van der Waals surface area contributed by atoms with E-state index in [9.17, 15) is 4.79 Å². The number of amides is 2. The zero-order valence-corrected chi connectivity index (χ0v) is 19.4. The van der Waals surface area contributed by atoms with E-state index in [4.69, 9.17) is 4.74 Å². The molecule has 0 unspecified atom stereocenters. The van der Waals surface area contributed by atoms with Crippen molar-refractivity contribution in [1.82, 2.24) is 14.8 Å². The quantitative estimate of drug-likeness (QED) is 0.514. The number of carbonyl (C=O) groups excluding carboxylic acids is 1. The Morgan fingerprint density at radius 1 is 1.06 bits per heavy atom. The number of urea groups is 1. The van der Waals surface area contributed by atoms with Crippen molar-refractivity contribution in [3.05, 3.63) is 75.7 Å². The van der Waals surface area contributed by atoms with Crippen molar-refractivity contribution >= 4 is 23.1 Å². The molecule has 2 aromatic carbocycles. The van der Waals surface area contributed by atoms with Crippen molar-refractivity contribution in [2.75, 3.05) is 32.5 Å². The molecule has 2 amide bonds. The lowest BCUT2D eigenvalue weighted by Crippen LogP contribution is -2.39. The van der Waals surface area contributed by atoms with E-state index in [1.165, 1.54) is 0 Å².